The molecule has 0 spiro atoms. The molecule has 1 aliphatic heterocycles. The van der Waals surface area contributed by atoms with Crippen molar-refractivity contribution in [2.75, 3.05) is 6.54 Å². The summed E-state index contributed by atoms with van der Waals surface area (Å²) in [6.07, 6.45) is 8.23. The van der Waals surface area contributed by atoms with E-state index >= 15 is 0 Å². The quantitative estimate of drug-likeness (QED) is 0.850. The van der Waals surface area contributed by atoms with Crippen LogP contribution in [0.25, 0.3) is 0 Å². The SMILES string of the molecule is CCc1ccc(C2CCCCCN2C(=O)c2ccoc2)o1. The average Bonchev–Trinajstić information content (AvgIpc) is 3.14. The first kappa shape index (κ1) is 14.0. The molecule has 4 nitrogen and oxygen atoms in total. The van der Waals surface area contributed by atoms with Gasteiger partial charge in [0.15, 0.2) is 0 Å². The smallest absolute Gasteiger partial charge is 0.257 e. The largest absolute Gasteiger partial charge is 0.472 e. The summed E-state index contributed by atoms with van der Waals surface area (Å²) in [6.45, 7) is 2.85. The Hall–Kier alpha value is -1.97. The lowest BCUT2D eigenvalue weighted by Gasteiger charge is -2.28. The number of rotatable bonds is 3. The van der Waals surface area contributed by atoms with Gasteiger partial charge in [0.05, 0.1) is 17.9 Å². The van der Waals surface area contributed by atoms with Crippen LogP contribution in [0, 0.1) is 0 Å². The van der Waals surface area contributed by atoms with Crippen LogP contribution < -0.4 is 0 Å². The fourth-order valence-electron chi connectivity index (χ4n) is 2.96. The maximum atomic E-state index is 12.7. The van der Waals surface area contributed by atoms with Crippen LogP contribution in [0.15, 0.2) is 39.6 Å². The van der Waals surface area contributed by atoms with E-state index < -0.39 is 0 Å². The van der Waals surface area contributed by atoms with Crippen molar-refractivity contribution in [1.29, 1.82) is 0 Å². The van der Waals surface area contributed by atoms with Gasteiger partial charge in [0.2, 0.25) is 0 Å². The van der Waals surface area contributed by atoms with E-state index in [0.717, 1.165) is 50.2 Å². The molecular weight excluding hydrogens is 266 g/mol. The molecule has 2 aromatic heterocycles. The molecule has 1 unspecified atom stereocenters. The molecular formula is C17H21NO3. The van der Waals surface area contributed by atoms with Crippen LogP contribution in [0.5, 0.6) is 0 Å². The molecule has 0 N–H and O–H groups in total. The van der Waals surface area contributed by atoms with Crippen LogP contribution in [0.4, 0.5) is 0 Å². The molecule has 0 aliphatic carbocycles. The highest BCUT2D eigenvalue weighted by molar-refractivity contribution is 5.94. The Balaban J connectivity index is 1.88. The Bertz CT molecular complexity index is 585. The molecule has 3 rings (SSSR count). The minimum absolute atomic E-state index is 0.0325. The molecule has 2 aromatic rings. The standard InChI is InChI=1S/C17H21NO3/c1-2-14-7-8-16(21-14)15-6-4-3-5-10-18(15)17(19)13-9-11-20-12-13/h7-9,11-12,15H,2-6,10H2,1H3. The Morgan fingerprint density at radius 1 is 1.29 bits per heavy atom. The van der Waals surface area contributed by atoms with Gasteiger partial charge in [-0.15, -0.1) is 0 Å². The first-order valence-electron chi connectivity index (χ1n) is 7.71. The van der Waals surface area contributed by atoms with E-state index in [0.29, 0.717) is 5.56 Å². The molecule has 0 radical (unpaired) electrons. The fraction of sp³-hybridized carbons (Fsp3) is 0.471. The number of hydrogen-bond donors (Lipinski definition) is 0. The minimum Gasteiger partial charge on any atom is -0.472 e. The van der Waals surface area contributed by atoms with Crippen molar-refractivity contribution >= 4 is 5.91 Å². The number of carbonyl (C=O) groups is 1. The van der Waals surface area contributed by atoms with E-state index in [1.807, 2.05) is 17.0 Å². The van der Waals surface area contributed by atoms with Crippen molar-refractivity contribution in [3.05, 3.63) is 47.8 Å². The average molecular weight is 287 g/mol. The van der Waals surface area contributed by atoms with Crippen LogP contribution in [0.3, 0.4) is 0 Å². The van der Waals surface area contributed by atoms with Crippen molar-refractivity contribution in [1.82, 2.24) is 4.90 Å². The van der Waals surface area contributed by atoms with Gasteiger partial charge in [0, 0.05) is 13.0 Å². The second kappa shape index (κ2) is 6.20. The number of nitrogens with zero attached hydrogens (tertiary/aromatic N) is 1. The highest BCUT2D eigenvalue weighted by Crippen LogP contribution is 2.32. The minimum atomic E-state index is 0.0325. The van der Waals surface area contributed by atoms with Crippen molar-refractivity contribution in [2.24, 2.45) is 0 Å². The van der Waals surface area contributed by atoms with Gasteiger partial charge in [0.1, 0.15) is 17.8 Å². The van der Waals surface area contributed by atoms with Gasteiger partial charge in [-0.1, -0.05) is 19.8 Å². The monoisotopic (exact) mass is 287 g/mol. The van der Waals surface area contributed by atoms with Crippen molar-refractivity contribution in [3.63, 3.8) is 0 Å². The zero-order valence-corrected chi connectivity index (χ0v) is 12.4. The maximum absolute atomic E-state index is 12.7. The van der Waals surface area contributed by atoms with Gasteiger partial charge >= 0.3 is 0 Å². The van der Waals surface area contributed by atoms with E-state index in [2.05, 4.69) is 6.92 Å². The van der Waals surface area contributed by atoms with Gasteiger partial charge in [-0.25, -0.2) is 0 Å². The molecule has 0 saturated carbocycles. The summed E-state index contributed by atoms with van der Waals surface area (Å²) in [6, 6.07) is 5.80. The Morgan fingerprint density at radius 3 is 2.90 bits per heavy atom. The van der Waals surface area contributed by atoms with Crippen LogP contribution in [0.2, 0.25) is 0 Å². The molecule has 0 bridgehead atoms. The highest BCUT2D eigenvalue weighted by atomic mass is 16.3. The third-order valence-corrected chi connectivity index (χ3v) is 4.14. The summed E-state index contributed by atoms with van der Waals surface area (Å²) in [5.41, 5.74) is 0.615. The van der Waals surface area contributed by atoms with E-state index in [1.165, 1.54) is 6.26 Å². The Labute approximate surface area is 124 Å². The van der Waals surface area contributed by atoms with Crippen molar-refractivity contribution in [3.8, 4) is 0 Å². The molecule has 0 aromatic carbocycles. The van der Waals surface area contributed by atoms with Crippen molar-refractivity contribution in [2.45, 2.75) is 45.1 Å². The summed E-state index contributed by atoms with van der Waals surface area (Å²) in [5, 5.41) is 0. The second-order valence-electron chi connectivity index (χ2n) is 5.53. The molecule has 21 heavy (non-hydrogen) atoms. The summed E-state index contributed by atoms with van der Waals surface area (Å²) < 4.78 is 11.0. The van der Waals surface area contributed by atoms with E-state index in [-0.39, 0.29) is 11.9 Å². The van der Waals surface area contributed by atoms with Gasteiger partial charge in [0.25, 0.3) is 5.91 Å². The van der Waals surface area contributed by atoms with E-state index in [9.17, 15) is 4.79 Å². The Morgan fingerprint density at radius 2 is 2.19 bits per heavy atom. The van der Waals surface area contributed by atoms with E-state index in [1.54, 1.807) is 12.3 Å². The third-order valence-electron chi connectivity index (χ3n) is 4.14. The molecule has 112 valence electrons. The van der Waals surface area contributed by atoms with Crippen LogP contribution in [-0.4, -0.2) is 17.4 Å². The summed E-state index contributed by atoms with van der Waals surface area (Å²) in [7, 11) is 0. The molecule has 1 fully saturated rings. The lowest BCUT2D eigenvalue weighted by Crippen LogP contribution is -2.34. The van der Waals surface area contributed by atoms with Gasteiger partial charge in [-0.2, -0.15) is 0 Å². The molecule has 1 aliphatic rings. The lowest BCUT2D eigenvalue weighted by atomic mass is 10.1. The molecule has 1 atom stereocenters. The summed E-state index contributed by atoms with van der Waals surface area (Å²) in [5.74, 6) is 1.92. The zero-order valence-electron chi connectivity index (χ0n) is 12.4. The number of hydrogen-bond acceptors (Lipinski definition) is 3. The topological polar surface area (TPSA) is 46.6 Å². The first-order valence-corrected chi connectivity index (χ1v) is 7.71. The molecule has 3 heterocycles. The Kier molecular flexibility index (Phi) is 4.13. The van der Waals surface area contributed by atoms with Gasteiger partial charge < -0.3 is 13.7 Å². The maximum Gasteiger partial charge on any atom is 0.257 e. The summed E-state index contributed by atoms with van der Waals surface area (Å²) in [4.78, 5) is 14.6. The second-order valence-corrected chi connectivity index (χ2v) is 5.53. The molecule has 1 amide bonds. The van der Waals surface area contributed by atoms with Gasteiger partial charge in [-0.3, -0.25) is 4.79 Å². The lowest BCUT2D eigenvalue weighted by molar-refractivity contribution is 0.0656. The number of amides is 1. The number of aryl methyl sites for hydroxylation is 1. The third kappa shape index (κ3) is 2.89. The summed E-state index contributed by atoms with van der Waals surface area (Å²) >= 11 is 0. The van der Waals surface area contributed by atoms with Crippen LogP contribution in [0.1, 0.15) is 60.5 Å². The number of carbonyl (C=O) groups excluding carboxylic acids is 1. The predicted octanol–water partition coefficient (Wildman–Crippen LogP) is 4.19. The zero-order chi connectivity index (χ0) is 14.7. The molecule has 4 heteroatoms. The van der Waals surface area contributed by atoms with E-state index in [4.69, 9.17) is 8.83 Å². The number of furan rings is 2. The fourth-order valence-corrected chi connectivity index (χ4v) is 2.96. The van der Waals surface area contributed by atoms with Gasteiger partial charge in [-0.05, 0) is 31.0 Å². The number of likely N-dealkylation sites (tertiary alicyclic amines) is 1. The van der Waals surface area contributed by atoms with Crippen molar-refractivity contribution < 1.29 is 13.6 Å². The highest BCUT2D eigenvalue weighted by Gasteiger charge is 2.30. The van der Waals surface area contributed by atoms with Crippen LogP contribution in [-0.2, 0) is 6.42 Å². The van der Waals surface area contributed by atoms with Crippen LogP contribution >= 0.6 is 0 Å². The first-order chi connectivity index (χ1) is 10.3. The predicted molar refractivity (Wildman–Crippen MR) is 79.0 cm³/mol. The molecule has 1 saturated heterocycles. The normalized spacial score (nSPS) is 19.5.